The lowest BCUT2D eigenvalue weighted by atomic mass is 10.1. The molecule has 0 fully saturated rings. The van der Waals surface area contributed by atoms with E-state index in [4.69, 9.17) is 0 Å². The highest BCUT2D eigenvalue weighted by atomic mass is 16.3. The molecule has 0 bridgehead atoms. The molecule has 3 rings (SSSR count). The molecule has 1 atom stereocenters. The van der Waals surface area contributed by atoms with E-state index >= 15 is 0 Å². The fraction of sp³-hybridized carbons (Fsp3) is 0.400. The molecule has 110 valence electrons. The van der Waals surface area contributed by atoms with Crippen molar-refractivity contribution in [2.75, 3.05) is 5.32 Å². The molecule has 0 saturated heterocycles. The van der Waals surface area contributed by atoms with E-state index in [2.05, 4.69) is 20.1 Å². The predicted octanol–water partition coefficient (Wildman–Crippen LogP) is 1.60. The SMILES string of the molecule is CC(O)C(=O)Nc1ccc(-c2nnc3n2CCCC3)cc1. The molecular weight excluding hydrogens is 268 g/mol. The molecule has 1 aromatic heterocycles. The van der Waals surface area contributed by atoms with Crippen LogP contribution >= 0.6 is 0 Å². The molecule has 1 unspecified atom stereocenters. The fourth-order valence-electron chi connectivity index (χ4n) is 2.47. The number of carbonyl (C=O) groups excluding carboxylic acids is 1. The van der Waals surface area contributed by atoms with E-state index in [0.717, 1.165) is 36.6 Å². The van der Waals surface area contributed by atoms with E-state index in [-0.39, 0.29) is 0 Å². The number of anilines is 1. The van der Waals surface area contributed by atoms with Gasteiger partial charge in [-0.3, -0.25) is 4.79 Å². The van der Waals surface area contributed by atoms with Crippen LogP contribution in [0.1, 0.15) is 25.6 Å². The summed E-state index contributed by atoms with van der Waals surface area (Å²) in [7, 11) is 0. The van der Waals surface area contributed by atoms with E-state index in [0.29, 0.717) is 5.69 Å². The van der Waals surface area contributed by atoms with Crippen LogP contribution in [0.2, 0.25) is 0 Å². The Morgan fingerprint density at radius 2 is 2.05 bits per heavy atom. The Hall–Kier alpha value is -2.21. The number of rotatable bonds is 3. The van der Waals surface area contributed by atoms with Crippen molar-refractivity contribution < 1.29 is 9.90 Å². The van der Waals surface area contributed by atoms with Crippen LogP contribution in [0.4, 0.5) is 5.69 Å². The molecule has 6 heteroatoms. The number of fused-ring (bicyclic) bond motifs is 1. The molecule has 1 aliphatic rings. The van der Waals surface area contributed by atoms with Crippen LogP contribution in [0.15, 0.2) is 24.3 Å². The minimum Gasteiger partial charge on any atom is -0.384 e. The van der Waals surface area contributed by atoms with Crippen molar-refractivity contribution in [2.45, 2.75) is 38.8 Å². The van der Waals surface area contributed by atoms with Gasteiger partial charge in [-0.2, -0.15) is 0 Å². The van der Waals surface area contributed by atoms with Gasteiger partial charge in [-0.05, 0) is 44.0 Å². The van der Waals surface area contributed by atoms with E-state index in [1.165, 1.54) is 13.3 Å². The molecule has 2 aromatic rings. The lowest BCUT2D eigenvalue weighted by Gasteiger charge is -2.14. The van der Waals surface area contributed by atoms with Crippen molar-refractivity contribution in [2.24, 2.45) is 0 Å². The Kier molecular flexibility index (Phi) is 3.70. The van der Waals surface area contributed by atoms with Gasteiger partial charge in [0, 0.05) is 24.2 Å². The van der Waals surface area contributed by atoms with Gasteiger partial charge in [0.15, 0.2) is 5.82 Å². The van der Waals surface area contributed by atoms with Gasteiger partial charge in [0.1, 0.15) is 11.9 Å². The third-order valence-electron chi connectivity index (χ3n) is 3.65. The summed E-state index contributed by atoms with van der Waals surface area (Å²) in [5, 5.41) is 20.3. The molecule has 0 radical (unpaired) electrons. The van der Waals surface area contributed by atoms with Gasteiger partial charge in [-0.1, -0.05) is 0 Å². The maximum atomic E-state index is 11.4. The zero-order valence-corrected chi connectivity index (χ0v) is 11.9. The quantitative estimate of drug-likeness (QED) is 0.898. The van der Waals surface area contributed by atoms with Gasteiger partial charge >= 0.3 is 0 Å². The lowest BCUT2D eigenvalue weighted by Crippen LogP contribution is -2.24. The number of carbonyl (C=O) groups is 1. The van der Waals surface area contributed by atoms with Crippen LogP contribution in [0.3, 0.4) is 0 Å². The summed E-state index contributed by atoms with van der Waals surface area (Å²) in [5.41, 5.74) is 1.63. The molecule has 21 heavy (non-hydrogen) atoms. The number of aryl methyl sites for hydroxylation is 1. The monoisotopic (exact) mass is 286 g/mol. The molecule has 0 saturated carbocycles. The second kappa shape index (κ2) is 5.65. The van der Waals surface area contributed by atoms with Crippen molar-refractivity contribution in [3.05, 3.63) is 30.1 Å². The normalized spacial score (nSPS) is 15.3. The standard InChI is InChI=1S/C15H18N4O2/c1-10(20)15(21)16-12-7-5-11(6-8-12)14-18-17-13-4-2-3-9-19(13)14/h5-8,10,20H,2-4,9H2,1H3,(H,16,21). The minimum absolute atomic E-state index is 0.414. The van der Waals surface area contributed by atoms with Gasteiger partial charge in [0.2, 0.25) is 0 Å². The van der Waals surface area contributed by atoms with Crippen LogP contribution in [-0.4, -0.2) is 31.9 Å². The topological polar surface area (TPSA) is 80.0 Å². The summed E-state index contributed by atoms with van der Waals surface area (Å²) in [5.74, 6) is 1.50. The van der Waals surface area contributed by atoms with Gasteiger partial charge < -0.3 is 15.0 Å². The van der Waals surface area contributed by atoms with E-state index in [9.17, 15) is 9.90 Å². The maximum absolute atomic E-state index is 11.4. The Morgan fingerprint density at radius 3 is 2.76 bits per heavy atom. The Balaban J connectivity index is 1.81. The van der Waals surface area contributed by atoms with Crippen LogP contribution < -0.4 is 5.32 Å². The number of aliphatic hydroxyl groups excluding tert-OH is 1. The number of hydrogen-bond acceptors (Lipinski definition) is 4. The second-order valence-electron chi connectivity index (χ2n) is 5.29. The average molecular weight is 286 g/mol. The van der Waals surface area contributed by atoms with E-state index in [1.807, 2.05) is 12.1 Å². The largest absolute Gasteiger partial charge is 0.384 e. The molecule has 0 spiro atoms. The summed E-state index contributed by atoms with van der Waals surface area (Å²) in [6.45, 7) is 2.39. The molecule has 2 heterocycles. The second-order valence-corrected chi connectivity index (χ2v) is 5.29. The van der Waals surface area contributed by atoms with Gasteiger partial charge in [0.25, 0.3) is 5.91 Å². The molecule has 1 amide bonds. The van der Waals surface area contributed by atoms with E-state index < -0.39 is 12.0 Å². The van der Waals surface area contributed by atoms with Gasteiger partial charge in [-0.25, -0.2) is 0 Å². The summed E-state index contributed by atoms with van der Waals surface area (Å²) < 4.78 is 2.16. The number of aromatic nitrogens is 3. The van der Waals surface area contributed by atoms with Gasteiger partial charge in [0.05, 0.1) is 0 Å². The molecule has 1 aliphatic heterocycles. The van der Waals surface area contributed by atoms with Crippen LogP contribution in [0.5, 0.6) is 0 Å². The van der Waals surface area contributed by atoms with Crippen molar-refractivity contribution in [3.63, 3.8) is 0 Å². The molecule has 2 N–H and O–H groups in total. The third-order valence-corrected chi connectivity index (χ3v) is 3.65. The first kappa shape index (κ1) is 13.8. The number of nitrogens with zero attached hydrogens (tertiary/aromatic N) is 3. The zero-order valence-electron chi connectivity index (χ0n) is 11.9. The van der Waals surface area contributed by atoms with Crippen molar-refractivity contribution in [1.29, 1.82) is 0 Å². The highest BCUT2D eigenvalue weighted by molar-refractivity contribution is 5.93. The van der Waals surface area contributed by atoms with E-state index in [1.54, 1.807) is 12.1 Å². The Labute approximate surface area is 122 Å². The number of benzene rings is 1. The van der Waals surface area contributed by atoms with Crippen molar-refractivity contribution in [1.82, 2.24) is 14.8 Å². The highest BCUT2D eigenvalue weighted by Crippen LogP contribution is 2.24. The Morgan fingerprint density at radius 1 is 1.29 bits per heavy atom. The summed E-state index contributed by atoms with van der Waals surface area (Å²) >= 11 is 0. The fourth-order valence-corrected chi connectivity index (χ4v) is 2.47. The maximum Gasteiger partial charge on any atom is 0.252 e. The van der Waals surface area contributed by atoms with Crippen LogP contribution in [0, 0.1) is 0 Å². The third kappa shape index (κ3) is 2.80. The number of nitrogens with one attached hydrogen (secondary N) is 1. The average Bonchev–Trinajstić information content (AvgIpc) is 2.92. The molecular formula is C15H18N4O2. The number of aliphatic hydroxyl groups is 1. The minimum atomic E-state index is -1.02. The molecule has 6 nitrogen and oxygen atoms in total. The van der Waals surface area contributed by atoms with Crippen molar-refractivity contribution >= 4 is 11.6 Å². The summed E-state index contributed by atoms with van der Waals surface area (Å²) in [6.07, 6.45) is 2.28. The smallest absolute Gasteiger partial charge is 0.252 e. The van der Waals surface area contributed by atoms with Gasteiger partial charge in [-0.15, -0.1) is 10.2 Å². The van der Waals surface area contributed by atoms with Crippen molar-refractivity contribution in [3.8, 4) is 11.4 Å². The molecule has 0 aliphatic carbocycles. The number of hydrogen-bond donors (Lipinski definition) is 2. The first-order chi connectivity index (χ1) is 10.1. The highest BCUT2D eigenvalue weighted by Gasteiger charge is 2.17. The Bertz CT molecular complexity index is 646. The first-order valence-corrected chi connectivity index (χ1v) is 7.16. The molecule has 1 aromatic carbocycles. The first-order valence-electron chi connectivity index (χ1n) is 7.16. The van der Waals surface area contributed by atoms with Crippen LogP contribution in [0.25, 0.3) is 11.4 Å². The summed E-state index contributed by atoms with van der Waals surface area (Å²) in [4.78, 5) is 11.4. The zero-order chi connectivity index (χ0) is 14.8. The van der Waals surface area contributed by atoms with Crippen LogP contribution in [-0.2, 0) is 17.8 Å². The number of amides is 1. The summed E-state index contributed by atoms with van der Waals surface area (Å²) in [6, 6.07) is 7.42. The predicted molar refractivity (Wildman–Crippen MR) is 78.7 cm³/mol. The lowest BCUT2D eigenvalue weighted by molar-refractivity contribution is -0.123.